The van der Waals surface area contributed by atoms with E-state index in [0.29, 0.717) is 22.6 Å². The number of benzene rings is 3. The van der Waals surface area contributed by atoms with Crippen molar-refractivity contribution in [2.75, 3.05) is 69.0 Å². The second-order valence-electron chi connectivity index (χ2n) is 25.0. The third kappa shape index (κ3) is 22.3. The minimum absolute atomic E-state index is 0.0185. The first-order valence-corrected chi connectivity index (χ1v) is 31.6. The van der Waals surface area contributed by atoms with Gasteiger partial charge in [-0.3, -0.25) is 52.7 Å². The predicted molar refractivity (Wildman–Crippen MR) is 346 cm³/mol. The fraction of sp³-hybridized carbons (Fsp3) is 0.561. The number of rotatable bonds is 13. The van der Waals surface area contributed by atoms with Crippen LogP contribution in [-0.4, -0.2) is 217 Å². The number of carbonyl (C=O) groups excluding carboxylic acids is 11. The number of nitrogens with one attached hydrogen (secondary N) is 4. The third-order valence-electron chi connectivity index (χ3n) is 16.7. The molecule has 0 unspecified atom stereocenters. The molecule has 25 heteroatoms. The van der Waals surface area contributed by atoms with Crippen molar-refractivity contribution < 1.29 is 57.1 Å². The Kier molecular flexibility index (Phi) is 29.3. The standard InChI is InChI=1S/C66H94Cl2FN11O11/c1-16-41(6)59-66(91)76(11)37-57(83)74(9)38-58(84)78(13)53(34-45-22-26-47(67)27-23-45)64(89)75(10)36-55(81)71-50(29-25-46-24-28-48(68)35-49(46)69)61(86)72-51(30-39(2)3)63(88)80(15)54(33-44-20-18-17-19-21-44)65(90)79(14)52(31-40(4)5)62(87)70-42(7)32-56(82)77(12)43(8)60(85)73-59/h17-24,26-28,35,39-43,50-54,59H,16,25,29-34,36-38H2,1-15H3,(H,70,87)(H,71,81)(H,72,86)(H,73,85)/t41-,42+,43-,50-,51-,52-,53-,54+,59-/m0/s1. The van der Waals surface area contributed by atoms with Crippen molar-refractivity contribution in [3.05, 3.63) is 105 Å². The normalized spacial score (nSPS) is 23.6. The lowest BCUT2D eigenvalue weighted by atomic mass is 9.97. The van der Waals surface area contributed by atoms with Gasteiger partial charge in [0.2, 0.25) is 65.0 Å². The second-order valence-corrected chi connectivity index (χ2v) is 25.9. The van der Waals surface area contributed by atoms with Crippen molar-refractivity contribution in [1.29, 1.82) is 0 Å². The molecule has 22 nitrogen and oxygen atoms in total. The van der Waals surface area contributed by atoms with Crippen molar-refractivity contribution in [1.82, 2.24) is 55.6 Å². The summed E-state index contributed by atoms with van der Waals surface area (Å²) in [5, 5.41) is 11.7. The molecule has 3 aromatic rings. The van der Waals surface area contributed by atoms with E-state index in [1.807, 2.05) is 34.6 Å². The molecule has 0 saturated carbocycles. The van der Waals surface area contributed by atoms with E-state index in [1.165, 1.54) is 83.1 Å². The van der Waals surface area contributed by atoms with Gasteiger partial charge >= 0.3 is 0 Å². The largest absolute Gasteiger partial charge is 0.351 e. The molecule has 4 N–H and O–H groups in total. The molecule has 1 aliphatic rings. The van der Waals surface area contributed by atoms with Crippen molar-refractivity contribution in [3.63, 3.8) is 0 Å². The monoisotopic (exact) mass is 1310 g/mol. The van der Waals surface area contributed by atoms with Gasteiger partial charge in [0, 0.05) is 84.7 Å². The zero-order chi connectivity index (χ0) is 68.3. The van der Waals surface area contributed by atoms with E-state index < -0.39 is 145 Å². The lowest BCUT2D eigenvalue weighted by molar-refractivity contribution is -0.149. The zero-order valence-corrected chi connectivity index (χ0v) is 56.8. The quantitative estimate of drug-likeness (QED) is 0.182. The average molecular weight is 1310 g/mol. The van der Waals surface area contributed by atoms with Crippen LogP contribution in [0.1, 0.15) is 104 Å². The lowest BCUT2D eigenvalue weighted by Gasteiger charge is -2.37. The fourth-order valence-corrected chi connectivity index (χ4v) is 10.8. The van der Waals surface area contributed by atoms with Gasteiger partial charge in [-0.2, -0.15) is 0 Å². The summed E-state index contributed by atoms with van der Waals surface area (Å²) in [6, 6.07) is 9.95. The summed E-state index contributed by atoms with van der Waals surface area (Å²) in [5.74, 6) is -8.95. The second kappa shape index (κ2) is 35.2. The highest BCUT2D eigenvalue weighted by atomic mass is 35.5. The van der Waals surface area contributed by atoms with Crippen LogP contribution in [0.25, 0.3) is 0 Å². The molecule has 0 radical (unpaired) electrons. The highest BCUT2D eigenvalue weighted by molar-refractivity contribution is 6.30. The van der Waals surface area contributed by atoms with E-state index in [9.17, 15) is 43.2 Å². The van der Waals surface area contributed by atoms with E-state index in [-0.39, 0.29) is 67.4 Å². The van der Waals surface area contributed by atoms with Gasteiger partial charge in [0.05, 0.1) is 19.6 Å². The molecule has 0 spiro atoms. The van der Waals surface area contributed by atoms with Crippen LogP contribution >= 0.6 is 23.2 Å². The molecule has 1 saturated heterocycles. The molecule has 0 bridgehead atoms. The van der Waals surface area contributed by atoms with Crippen LogP contribution in [0.3, 0.4) is 0 Å². The molecule has 1 heterocycles. The summed E-state index contributed by atoms with van der Waals surface area (Å²) >= 11 is 12.3. The molecule has 500 valence electrons. The maximum Gasteiger partial charge on any atom is 0.246 e. The fourth-order valence-electron chi connectivity index (χ4n) is 10.5. The summed E-state index contributed by atoms with van der Waals surface area (Å²) in [6.45, 7) is 12.3. The van der Waals surface area contributed by atoms with Gasteiger partial charge < -0.3 is 55.6 Å². The molecular formula is C66H94Cl2FN11O11. The number of nitrogens with zero attached hydrogens (tertiary/aromatic N) is 7. The Hall–Kier alpha value is -7.66. The highest BCUT2D eigenvalue weighted by Crippen LogP contribution is 2.22. The minimum atomic E-state index is -1.46. The Morgan fingerprint density at radius 3 is 1.65 bits per heavy atom. The number of hydrogen-bond acceptors (Lipinski definition) is 11. The molecular weight excluding hydrogens is 1210 g/mol. The molecule has 0 aliphatic carbocycles. The summed E-state index contributed by atoms with van der Waals surface area (Å²) in [4.78, 5) is 167. The van der Waals surface area contributed by atoms with Crippen LogP contribution in [-0.2, 0) is 72.0 Å². The molecule has 11 amide bonds. The Bertz CT molecular complexity index is 3050. The van der Waals surface area contributed by atoms with E-state index in [1.54, 1.807) is 68.4 Å². The molecule has 4 rings (SSSR count). The van der Waals surface area contributed by atoms with Crippen molar-refractivity contribution in [2.45, 2.75) is 155 Å². The molecule has 3 aromatic carbocycles. The number of likely N-dealkylation sites (N-methyl/N-ethyl adjacent to an activating group) is 7. The van der Waals surface area contributed by atoms with Crippen molar-refractivity contribution >= 4 is 88.2 Å². The maximum absolute atomic E-state index is 15.4. The van der Waals surface area contributed by atoms with Crippen molar-refractivity contribution in [2.24, 2.45) is 17.8 Å². The maximum atomic E-state index is 15.4. The van der Waals surface area contributed by atoms with Crippen LogP contribution < -0.4 is 21.3 Å². The topological polar surface area (TPSA) is 259 Å². The van der Waals surface area contributed by atoms with Gasteiger partial charge in [-0.05, 0) is 98.2 Å². The van der Waals surface area contributed by atoms with Crippen LogP contribution in [0.15, 0.2) is 72.8 Å². The van der Waals surface area contributed by atoms with E-state index in [2.05, 4.69) is 21.3 Å². The first-order valence-electron chi connectivity index (χ1n) is 30.9. The van der Waals surface area contributed by atoms with E-state index in [4.69, 9.17) is 23.2 Å². The van der Waals surface area contributed by atoms with Crippen LogP contribution in [0.4, 0.5) is 4.39 Å². The highest BCUT2D eigenvalue weighted by Gasteiger charge is 2.40. The number of hydrogen-bond donors (Lipinski definition) is 4. The average Bonchev–Trinajstić information content (AvgIpc) is 1.67. The Labute approximate surface area is 545 Å². The molecule has 91 heavy (non-hydrogen) atoms. The zero-order valence-electron chi connectivity index (χ0n) is 55.3. The van der Waals surface area contributed by atoms with E-state index in [0.717, 1.165) is 25.7 Å². The summed E-state index contributed by atoms with van der Waals surface area (Å²) in [6.07, 6.45) is -0.0395. The third-order valence-corrected chi connectivity index (χ3v) is 17.2. The van der Waals surface area contributed by atoms with Gasteiger partial charge in [-0.1, -0.05) is 120 Å². The first-order chi connectivity index (χ1) is 42.6. The van der Waals surface area contributed by atoms with Gasteiger partial charge in [-0.15, -0.1) is 0 Å². The van der Waals surface area contributed by atoms with Gasteiger partial charge in [-0.25, -0.2) is 4.39 Å². The van der Waals surface area contributed by atoms with Crippen LogP contribution in [0, 0.1) is 23.6 Å². The summed E-state index contributed by atoms with van der Waals surface area (Å²) in [5.41, 5.74) is 1.41. The smallest absolute Gasteiger partial charge is 0.246 e. The van der Waals surface area contributed by atoms with Gasteiger partial charge in [0.15, 0.2) is 0 Å². The lowest BCUT2D eigenvalue weighted by Crippen LogP contribution is -2.60. The number of halogens is 3. The minimum Gasteiger partial charge on any atom is -0.351 e. The van der Waals surface area contributed by atoms with Crippen LogP contribution in [0.2, 0.25) is 10.0 Å². The SMILES string of the molecule is CC[C@H](C)[C@@H]1NC(=O)[C@H](C)N(C)C(=O)C[C@@H](C)NC(=O)[C@H](CC(C)C)N(C)C(=O)[C@@H](Cc2ccccc2)N(C)C(=O)[C@H](CC(C)C)NC(=O)[C@H](CCc2ccc(Cl)cc2F)NC(=O)CN(C)C(=O)[C@H](Cc2ccc(Cl)cc2)N(C)C(=O)CN(C)C(=O)CN(C)C1=O. The molecule has 9 atom stereocenters. The van der Waals surface area contributed by atoms with Gasteiger partial charge in [0.25, 0.3) is 0 Å². The Morgan fingerprint density at radius 2 is 1.07 bits per heavy atom. The molecule has 1 aliphatic heterocycles. The Balaban J connectivity index is 1.85. The predicted octanol–water partition coefficient (Wildman–Crippen LogP) is 4.75. The Morgan fingerprint density at radius 1 is 0.516 bits per heavy atom. The summed E-state index contributed by atoms with van der Waals surface area (Å²) < 4.78 is 15.4. The van der Waals surface area contributed by atoms with E-state index >= 15 is 14.0 Å². The van der Waals surface area contributed by atoms with Crippen LogP contribution in [0.5, 0.6) is 0 Å². The molecule has 0 aromatic heterocycles. The number of aryl methyl sites for hydroxylation is 1. The summed E-state index contributed by atoms with van der Waals surface area (Å²) in [7, 11) is 9.73. The number of carbonyl (C=O) groups is 11. The number of amides is 11. The molecule has 1 fully saturated rings. The van der Waals surface area contributed by atoms with Gasteiger partial charge in [0.1, 0.15) is 48.1 Å². The van der Waals surface area contributed by atoms with Crippen molar-refractivity contribution in [3.8, 4) is 0 Å². The first kappa shape index (κ1) is 75.8.